The Morgan fingerprint density at radius 1 is 0.846 bits per heavy atom. The lowest BCUT2D eigenvalue weighted by atomic mass is 10.1. The Morgan fingerprint density at radius 3 is 2.35 bits per heavy atom. The second-order valence-corrected chi connectivity index (χ2v) is 6.36. The van der Waals surface area contributed by atoms with Crippen molar-refractivity contribution in [1.29, 1.82) is 0 Å². The number of benzene rings is 1. The predicted octanol–water partition coefficient (Wildman–Crippen LogP) is 2.08. The van der Waals surface area contributed by atoms with Gasteiger partial charge in [0.2, 0.25) is 0 Å². The quantitative estimate of drug-likeness (QED) is 0.723. The molecule has 1 aromatic carbocycles. The van der Waals surface area contributed by atoms with E-state index in [9.17, 15) is 4.79 Å². The number of pyridine rings is 1. The summed E-state index contributed by atoms with van der Waals surface area (Å²) in [6.45, 7) is 4.05. The van der Waals surface area contributed by atoms with Gasteiger partial charge in [0, 0.05) is 44.0 Å². The largest absolute Gasteiger partial charge is 0.354 e. The highest BCUT2D eigenvalue weighted by molar-refractivity contribution is 5.57. The molecule has 6 heteroatoms. The van der Waals surface area contributed by atoms with Crippen LogP contribution < -0.4 is 10.5 Å². The molecule has 0 atom stereocenters. The molecule has 0 saturated carbocycles. The predicted molar refractivity (Wildman–Crippen MR) is 102 cm³/mol. The summed E-state index contributed by atoms with van der Waals surface area (Å²) in [5.74, 6) is 1.01. The first-order chi connectivity index (χ1) is 12.8. The van der Waals surface area contributed by atoms with Crippen molar-refractivity contribution in [3.05, 3.63) is 77.2 Å². The first-order valence-corrected chi connectivity index (χ1v) is 8.81. The highest BCUT2D eigenvalue weighted by Crippen LogP contribution is 2.15. The zero-order valence-electron chi connectivity index (χ0n) is 14.5. The molecule has 3 aromatic rings. The van der Waals surface area contributed by atoms with Crippen molar-refractivity contribution in [2.75, 3.05) is 31.1 Å². The molecule has 6 nitrogen and oxygen atoms in total. The van der Waals surface area contributed by atoms with Gasteiger partial charge in [-0.05, 0) is 18.2 Å². The molecule has 4 rings (SSSR count). The molecule has 1 aliphatic heterocycles. The smallest absolute Gasteiger partial charge is 0.268 e. The van der Waals surface area contributed by atoms with Crippen LogP contribution in [0.1, 0.15) is 0 Å². The molecule has 1 aliphatic rings. The summed E-state index contributed by atoms with van der Waals surface area (Å²) in [4.78, 5) is 21.1. The maximum Gasteiger partial charge on any atom is 0.268 e. The van der Waals surface area contributed by atoms with Crippen molar-refractivity contribution >= 4 is 5.82 Å². The highest BCUT2D eigenvalue weighted by Gasteiger charge is 2.18. The highest BCUT2D eigenvalue weighted by atomic mass is 16.1. The van der Waals surface area contributed by atoms with Crippen LogP contribution in [0.25, 0.3) is 11.3 Å². The average Bonchev–Trinajstić information content (AvgIpc) is 2.71. The van der Waals surface area contributed by atoms with Gasteiger partial charge in [-0.15, -0.1) is 0 Å². The second kappa shape index (κ2) is 7.49. The summed E-state index contributed by atoms with van der Waals surface area (Å²) in [5.41, 5.74) is 1.76. The minimum absolute atomic E-state index is 0.0724. The van der Waals surface area contributed by atoms with Crippen LogP contribution in [0.5, 0.6) is 0 Å². The third kappa shape index (κ3) is 3.65. The van der Waals surface area contributed by atoms with Crippen molar-refractivity contribution in [2.45, 2.75) is 6.67 Å². The maximum absolute atomic E-state index is 12.2. The number of nitrogens with zero attached hydrogens (tertiary/aromatic N) is 5. The van der Waals surface area contributed by atoms with Gasteiger partial charge in [-0.3, -0.25) is 9.69 Å². The minimum atomic E-state index is -0.0724. The fourth-order valence-electron chi connectivity index (χ4n) is 3.16. The number of anilines is 1. The summed E-state index contributed by atoms with van der Waals surface area (Å²) >= 11 is 0. The number of aromatic nitrogens is 3. The summed E-state index contributed by atoms with van der Waals surface area (Å²) in [6.07, 6.45) is 1.82. The fraction of sp³-hybridized carbons (Fsp3) is 0.250. The molecule has 0 spiro atoms. The van der Waals surface area contributed by atoms with E-state index >= 15 is 0 Å². The van der Waals surface area contributed by atoms with Gasteiger partial charge in [0.05, 0.1) is 12.4 Å². The number of hydrogen-bond donors (Lipinski definition) is 0. The lowest BCUT2D eigenvalue weighted by Crippen LogP contribution is -2.48. The first kappa shape index (κ1) is 16.5. The third-order valence-electron chi connectivity index (χ3n) is 4.62. The van der Waals surface area contributed by atoms with Crippen LogP contribution >= 0.6 is 0 Å². The van der Waals surface area contributed by atoms with Crippen LogP contribution in [0.3, 0.4) is 0 Å². The molecule has 2 aromatic heterocycles. The standard InChI is InChI=1S/C20H21N5O/c26-20-10-9-18(17-6-2-1-3-7-17)22-25(20)16-23-12-14-24(15-13-23)19-8-4-5-11-21-19/h1-11H,12-16H2. The molecule has 0 radical (unpaired) electrons. The minimum Gasteiger partial charge on any atom is -0.354 e. The van der Waals surface area contributed by atoms with E-state index in [4.69, 9.17) is 0 Å². The number of hydrogen-bond acceptors (Lipinski definition) is 5. The number of piperazine rings is 1. The molecule has 3 heterocycles. The van der Waals surface area contributed by atoms with Crippen LogP contribution in [0.4, 0.5) is 5.82 Å². The van der Waals surface area contributed by atoms with Crippen LogP contribution in [-0.4, -0.2) is 45.8 Å². The van der Waals surface area contributed by atoms with Crippen molar-refractivity contribution in [3.8, 4) is 11.3 Å². The van der Waals surface area contributed by atoms with Crippen molar-refractivity contribution < 1.29 is 0 Å². The normalized spacial score (nSPS) is 15.2. The number of rotatable bonds is 4. The van der Waals surface area contributed by atoms with E-state index in [0.717, 1.165) is 43.3 Å². The Bertz CT molecular complexity index is 902. The molecule has 1 fully saturated rings. The summed E-state index contributed by atoms with van der Waals surface area (Å²) in [7, 11) is 0. The Kier molecular flexibility index (Phi) is 4.75. The van der Waals surface area contributed by atoms with Gasteiger partial charge < -0.3 is 4.90 Å². The van der Waals surface area contributed by atoms with E-state index < -0.39 is 0 Å². The van der Waals surface area contributed by atoms with Gasteiger partial charge in [0.1, 0.15) is 5.82 Å². The molecule has 0 aliphatic carbocycles. The van der Waals surface area contributed by atoms with Gasteiger partial charge in [0.25, 0.3) is 5.56 Å². The Balaban J connectivity index is 1.44. The van der Waals surface area contributed by atoms with E-state index in [2.05, 4.69) is 19.9 Å². The second-order valence-electron chi connectivity index (χ2n) is 6.36. The van der Waals surface area contributed by atoms with Crippen LogP contribution in [0.2, 0.25) is 0 Å². The zero-order chi connectivity index (χ0) is 17.8. The van der Waals surface area contributed by atoms with E-state index in [0.29, 0.717) is 6.67 Å². The average molecular weight is 347 g/mol. The van der Waals surface area contributed by atoms with Crippen LogP contribution in [-0.2, 0) is 6.67 Å². The van der Waals surface area contributed by atoms with Gasteiger partial charge >= 0.3 is 0 Å². The molecule has 26 heavy (non-hydrogen) atoms. The summed E-state index contributed by atoms with van der Waals surface area (Å²) in [6, 6.07) is 19.3. The summed E-state index contributed by atoms with van der Waals surface area (Å²) in [5, 5.41) is 4.55. The van der Waals surface area contributed by atoms with E-state index in [-0.39, 0.29) is 5.56 Å². The zero-order valence-corrected chi connectivity index (χ0v) is 14.5. The van der Waals surface area contributed by atoms with Crippen molar-refractivity contribution in [3.63, 3.8) is 0 Å². The Morgan fingerprint density at radius 2 is 1.62 bits per heavy atom. The molecule has 0 unspecified atom stereocenters. The van der Waals surface area contributed by atoms with Gasteiger partial charge in [-0.1, -0.05) is 36.4 Å². The Labute approximate surface area is 152 Å². The Hall–Kier alpha value is -2.99. The van der Waals surface area contributed by atoms with E-state index in [1.807, 2.05) is 54.7 Å². The molecular formula is C20H21N5O. The lowest BCUT2D eigenvalue weighted by molar-refractivity contribution is 0.191. The molecule has 132 valence electrons. The fourth-order valence-corrected chi connectivity index (χ4v) is 3.16. The van der Waals surface area contributed by atoms with E-state index in [1.165, 1.54) is 0 Å². The maximum atomic E-state index is 12.2. The van der Waals surface area contributed by atoms with Gasteiger partial charge in [-0.2, -0.15) is 5.10 Å². The third-order valence-corrected chi connectivity index (χ3v) is 4.62. The molecule has 0 N–H and O–H groups in total. The molecule has 0 bridgehead atoms. The first-order valence-electron chi connectivity index (χ1n) is 8.81. The SMILES string of the molecule is O=c1ccc(-c2ccccc2)nn1CN1CCN(c2ccccn2)CC1. The van der Waals surface area contributed by atoms with Crippen LogP contribution in [0, 0.1) is 0 Å². The molecule has 0 amide bonds. The van der Waals surface area contributed by atoms with Crippen molar-refractivity contribution in [2.24, 2.45) is 0 Å². The van der Waals surface area contributed by atoms with E-state index in [1.54, 1.807) is 16.8 Å². The summed E-state index contributed by atoms with van der Waals surface area (Å²) < 4.78 is 1.55. The monoisotopic (exact) mass is 347 g/mol. The molecular weight excluding hydrogens is 326 g/mol. The van der Waals surface area contributed by atoms with Gasteiger partial charge in [0.15, 0.2) is 0 Å². The van der Waals surface area contributed by atoms with Gasteiger partial charge in [-0.25, -0.2) is 9.67 Å². The lowest BCUT2D eigenvalue weighted by Gasteiger charge is -2.35. The topological polar surface area (TPSA) is 54.3 Å². The van der Waals surface area contributed by atoms with Crippen molar-refractivity contribution in [1.82, 2.24) is 19.7 Å². The molecule has 1 saturated heterocycles. The van der Waals surface area contributed by atoms with Crippen LogP contribution in [0.15, 0.2) is 71.7 Å².